The van der Waals surface area contributed by atoms with Crippen molar-refractivity contribution in [1.82, 2.24) is 10.2 Å². The average molecular weight is 922 g/mol. The van der Waals surface area contributed by atoms with Crippen LogP contribution in [0, 0.1) is 20.2 Å². The van der Waals surface area contributed by atoms with Crippen molar-refractivity contribution in [3.63, 3.8) is 0 Å². The monoisotopic (exact) mass is 919 g/mol. The van der Waals surface area contributed by atoms with Crippen LogP contribution in [0.25, 0.3) is 21.9 Å². The van der Waals surface area contributed by atoms with Crippen LogP contribution < -0.4 is 21.5 Å². The van der Waals surface area contributed by atoms with Crippen LogP contribution in [0.5, 0.6) is 0 Å². The zero-order chi connectivity index (χ0) is 44.9. The zero-order valence-corrected chi connectivity index (χ0v) is 37.3. The van der Waals surface area contributed by atoms with E-state index in [9.17, 15) is 29.8 Å². The minimum Gasteiger partial charge on any atom is -0.418 e. The van der Waals surface area contributed by atoms with Crippen LogP contribution in [-0.2, 0) is 0 Å². The van der Waals surface area contributed by atoms with Gasteiger partial charge in [0.1, 0.15) is 21.9 Å². The van der Waals surface area contributed by atoms with E-state index in [1.54, 1.807) is 54.4 Å². The minimum atomic E-state index is -1.04. The van der Waals surface area contributed by atoms with Gasteiger partial charge in [0, 0.05) is 23.9 Å². The van der Waals surface area contributed by atoms with Gasteiger partial charge in [0.05, 0.1) is 15.9 Å². The lowest BCUT2D eigenvalue weighted by molar-refractivity contribution is -0.387. The number of alkyl halides is 3. The fourth-order valence-electron chi connectivity index (χ4n) is 5.63. The SMILES string of the molecule is C.CCN(CC)CC.CN[C@H](C)c1ccccc1.C[C@H](c1ccccc1)N(C)c1c([N+](=O)[O-])c(=O)oc2ccccc12.ClC(Cl)Cl.O=c1oc2ccccc2c(Cl)c1[N+](=O)[O-]. The van der Waals surface area contributed by atoms with Crippen LogP contribution in [-0.4, -0.2) is 52.8 Å². The summed E-state index contributed by atoms with van der Waals surface area (Å²) in [6.07, 6.45) is 0. The van der Waals surface area contributed by atoms with Crippen LogP contribution in [0.4, 0.5) is 17.1 Å². The molecule has 6 rings (SSSR count). The molecule has 1 N–H and O–H groups in total. The van der Waals surface area contributed by atoms with Gasteiger partial charge in [-0.1, -0.05) is 160 Å². The van der Waals surface area contributed by atoms with Crippen molar-refractivity contribution in [2.24, 2.45) is 0 Å². The summed E-state index contributed by atoms with van der Waals surface area (Å²) in [5, 5.41) is 25.9. The highest BCUT2D eigenvalue weighted by Gasteiger charge is 2.29. The van der Waals surface area contributed by atoms with Gasteiger partial charge in [-0.25, -0.2) is 9.59 Å². The van der Waals surface area contributed by atoms with Gasteiger partial charge < -0.3 is 24.0 Å². The van der Waals surface area contributed by atoms with E-state index in [4.69, 9.17) is 55.2 Å². The second-order valence-electron chi connectivity index (χ2n) is 12.6. The first-order valence-electron chi connectivity index (χ1n) is 18.7. The summed E-state index contributed by atoms with van der Waals surface area (Å²) in [5.41, 5.74) is -0.0907. The van der Waals surface area contributed by atoms with Gasteiger partial charge in [-0.15, -0.1) is 0 Å². The van der Waals surface area contributed by atoms with E-state index in [0.717, 1.165) is 5.56 Å². The molecule has 2 heterocycles. The number of hydrogen-bond donors (Lipinski definition) is 1. The minimum absolute atomic E-state index is 0. The summed E-state index contributed by atoms with van der Waals surface area (Å²) in [5.74, 6) is 0. The Bertz CT molecular complexity index is 2350. The normalized spacial score (nSPS) is 11.2. The first-order valence-corrected chi connectivity index (χ1v) is 20.4. The molecule has 0 amide bonds. The maximum absolute atomic E-state index is 12.1. The van der Waals surface area contributed by atoms with Gasteiger partial charge in [-0.3, -0.25) is 20.2 Å². The molecule has 4 aromatic carbocycles. The molecule has 2 atom stereocenters. The smallest absolute Gasteiger partial charge is 0.417 e. The first-order chi connectivity index (χ1) is 28.5. The molecule has 61 heavy (non-hydrogen) atoms. The van der Waals surface area contributed by atoms with Crippen molar-refractivity contribution in [3.8, 4) is 0 Å². The number of anilines is 1. The Morgan fingerprint density at radius 1 is 0.656 bits per heavy atom. The van der Waals surface area contributed by atoms with Crippen LogP contribution in [0.2, 0.25) is 5.02 Å². The number of halogens is 4. The number of para-hydroxylation sites is 2. The third-order valence-corrected chi connectivity index (χ3v) is 9.53. The fraction of sp³-hybridized carbons (Fsp3) is 0.318. The lowest BCUT2D eigenvalue weighted by Crippen LogP contribution is -2.25. The first kappa shape index (κ1) is 54.0. The van der Waals surface area contributed by atoms with Crippen LogP contribution in [0.1, 0.15) is 65.3 Å². The Hall–Kier alpha value is -5.02. The van der Waals surface area contributed by atoms with Gasteiger partial charge in [-0.05, 0) is 75.9 Å². The van der Waals surface area contributed by atoms with Gasteiger partial charge in [0.15, 0.2) is 4.30 Å². The molecular formula is C44H53Cl4N5O8. The quantitative estimate of drug-likeness (QED) is 0.0601. The van der Waals surface area contributed by atoms with Crippen molar-refractivity contribution in [2.45, 2.75) is 58.4 Å². The van der Waals surface area contributed by atoms with Crippen LogP contribution in [0.3, 0.4) is 0 Å². The molecule has 17 heteroatoms. The molecule has 13 nitrogen and oxygen atoms in total. The molecular weight excluding hydrogens is 868 g/mol. The molecule has 0 radical (unpaired) electrons. The second-order valence-corrected chi connectivity index (χ2v) is 15.0. The number of nitrogens with zero attached hydrogens (tertiary/aromatic N) is 4. The van der Waals surface area contributed by atoms with E-state index in [2.05, 4.69) is 62.2 Å². The second kappa shape index (κ2) is 27.8. The van der Waals surface area contributed by atoms with E-state index in [0.29, 0.717) is 22.4 Å². The molecule has 6 aromatic rings. The number of nitrogens with one attached hydrogen (secondary N) is 1. The van der Waals surface area contributed by atoms with E-state index in [1.165, 1.54) is 31.3 Å². The fourth-order valence-corrected chi connectivity index (χ4v) is 5.93. The summed E-state index contributed by atoms with van der Waals surface area (Å²) in [6, 6.07) is 33.5. The molecule has 0 saturated carbocycles. The predicted octanol–water partition coefficient (Wildman–Crippen LogP) is 12.2. The Morgan fingerprint density at radius 2 is 1.03 bits per heavy atom. The molecule has 0 fully saturated rings. The molecule has 0 bridgehead atoms. The molecule has 0 aliphatic carbocycles. The lowest BCUT2D eigenvalue weighted by Gasteiger charge is -2.27. The molecule has 0 spiro atoms. The van der Waals surface area contributed by atoms with E-state index < -0.39 is 36.8 Å². The third-order valence-electron chi connectivity index (χ3n) is 9.14. The molecule has 2 aromatic heterocycles. The third kappa shape index (κ3) is 16.4. The number of benzene rings is 4. The lowest BCUT2D eigenvalue weighted by atomic mass is 10.1. The highest BCUT2D eigenvalue weighted by Crippen LogP contribution is 2.37. The van der Waals surface area contributed by atoms with E-state index in [1.807, 2.05) is 50.4 Å². The van der Waals surface area contributed by atoms with Crippen molar-refractivity contribution >= 4 is 85.4 Å². The summed E-state index contributed by atoms with van der Waals surface area (Å²) in [4.78, 5) is 47.9. The maximum atomic E-state index is 12.1. The number of nitro groups is 2. The van der Waals surface area contributed by atoms with Gasteiger partial charge >= 0.3 is 22.6 Å². The molecule has 0 unspecified atom stereocenters. The van der Waals surface area contributed by atoms with E-state index >= 15 is 0 Å². The topological polar surface area (TPSA) is 165 Å². The number of hydrogen-bond acceptors (Lipinski definition) is 11. The average Bonchev–Trinajstić information content (AvgIpc) is 3.24. The summed E-state index contributed by atoms with van der Waals surface area (Å²) < 4.78 is 9.11. The number of rotatable bonds is 10. The Labute approximate surface area is 376 Å². The molecule has 330 valence electrons. The molecule has 0 aliphatic heterocycles. The predicted molar refractivity (Wildman–Crippen MR) is 252 cm³/mol. The van der Waals surface area contributed by atoms with Gasteiger partial charge in [-0.2, -0.15) is 0 Å². The molecule has 0 saturated heterocycles. The van der Waals surface area contributed by atoms with Gasteiger partial charge in [0.2, 0.25) is 0 Å². The van der Waals surface area contributed by atoms with Crippen LogP contribution >= 0.6 is 46.4 Å². The van der Waals surface area contributed by atoms with E-state index in [-0.39, 0.29) is 29.8 Å². The van der Waals surface area contributed by atoms with Crippen molar-refractivity contribution in [1.29, 1.82) is 0 Å². The van der Waals surface area contributed by atoms with Crippen molar-refractivity contribution in [3.05, 3.63) is 166 Å². The Balaban J connectivity index is 0.000000430. The van der Waals surface area contributed by atoms with Gasteiger partial charge in [0.25, 0.3) is 0 Å². The number of fused-ring (bicyclic) bond motifs is 2. The zero-order valence-electron chi connectivity index (χ0n) is 34.3. The molecule has 0 aliphatic rings. The summed E-state index contributed by atoms with van der Waals surface area (Å²) in [6.45, 7) is 14.2. The largest absolute Gasteiger partial charge is 0.418 e. The highest BCUT2D eigenvalue weighted by atomic mass is 35.6. The highest BCUT2D eigenvalue weighted by molar-refractivity contribution is 6.63. The summed E-state index contributed by atoms with van der Waals surface area (Å²) in [7, 11) is 3.71. The Morgan fingerprint density at radius 3 is 1.44 bits per heavy atom. The maximum Gasteiger partial charge on any atom is 0.417 e. The van der Waals surface area contributed by atoms with Crippen molar-refractivity contribution in [2.75, 3.05) is 38.6 Å². The van der Waals surface area contributed by atoms with Crippen molar-refractivity contribution < 1.29 is 18.7 Å². The standard InChI is InChI=1S/C18H16N2O4.C9H4ClNO4.C9H13N.C6H15N.CHCl3.CH4/c1-12(13-8-4-3-5-9-13)19(2)16-14-10-6-7-11-15(14)24-18(21)17(16)20(22)23;10-7-5-3-1-2-4-6(5)15-9(12)8(7)11(13)14;1-8(10-2)9-6-4-3-5-7-9;1-4-7(5-2)6-3;2-1(3)4;/h3-12H,1-2H3;1-4H;3-8,10H,1-2H3;4-6H2,1-3H3;1H;1H4/t12-;;8-;;;/m1.1.../s1. The summed E-state index contributed by atoms with van der Waals surface area (Å²) >= 11 is 20.2. The Kier molecular flexibility index (Phi) is 24.6. The van der Waals surface area contributed by atoms with Crippen LogP contribution in [0.15, 0.2) is 128 Å².